The molecule has 4 nitrogen and oxygen atoms in total. The van der Waals surface area contributed by atoms with Gasteiger partial charge in [0.25, 0.3) is 0 Å². The van der Waals surface area contributed by atoms with E-state index in [0.29, 0.717) is 18.0 Å². The van der Waals surface area contributed by atoms with Gasteiger partial charge in [0.15, 0.2) is 5.82 Å². The van der Waals surface area contributed by atoms with E-state index in [1.165, 1.54) is 25.7 Å². The Kier molecular flexibility index (Phi) is 13.6. The van der Waals surface area contributed by atoms with E-state index in [2.05, 4.69) is 13.8 Å². The molecule has 1 aliphatic rings. The summed E-state index contributed by atoms with van der Waals surface area (Å²) >= 11 is 3.86. The zero-order valence-electron chi connectivity index (χ0n) is 22.7. The van der Waals surface area contributed by atoms with E-state index in [4.69, 9.17) is 14.7 Å². The first-order valence-electron chi connectivity index (χ1n) is 14.2. The average Bonchev–Trinajstić information content (AvgIpc) is 2.93. The van der Waals surface area contributed by atoms with Crippen molar-refractivity contribution in [3.05, 3.63) is 42.2 Å². The number of hydrogen-bond donors (Lipinski definition) is 1. The molecule has 206 valence electrons. The SMILES string of the molecule is CCCCCC[C@@H](O)CC1(c2cnc(-c3ccc(OC[C@@H](F)CCCCCC)cc3)nc2)SCCCS1. The van der Waals surface area contributed by atoms with Gasteiger partial charge in [0.2, 0.25) is 0 Å². The van der Waals surface area contributed by atoms with Crippen LogP contribution in [0.15, 0.2) is 36.7 Å². The minimum atomic E-state index is -0.926. The van der Waals surface area contributed by atoms with Gasteiger partial charge in [-0.2, -0.15) is 0 Å². The van der Waals surface area contributed by atoms with Gasteiger partial charge in [0.1, 0.15) is 18.5 Å². The highest BCUT2D eigenvalue weighted by Gasteiger charge is 2.38. The largest absolute Gasteiger partial charge is 0.491 e. The minimum absolute atomic E-state index is 0.0958. The van der Waals surface area contributed by atoms with E-state index in [1.807, 2.05) is 60.2 Å². The van der Waals surface area contributed by atoms with E-state index in [-0.39, 0.29) is 16.8 Å². The number of hydrogen-bond acceptors (Lipinski definition) is 6. The molecule has 37 heavy (non-hydrogen) atoms. The molecule has 1 aliphatic heterocycles. The first-order valence-corrected chi connectivity index (χ1v) is 16.2. The number of ether oxygens (including phenoxy) is 1. The molecule has 1 saturated heterocycles. The van der Waals surface area contributed by atoms with Crippen molar-refractivity contribution in [2.24, 2.45) is 0 Å². The molecule has 1 N–H and O–H groups in total. The second-order valence-corrected chi connectivity index (χ2v) is 13.1. The number of aliphatic hydroxyl groups is 1. The van der Waals surface area contributed by atoms with Crippen molar-refractivity contribution < 1.29 is 14.2 Å². The van der Waals surface area contributed by atoms with Gasteiger partial charge in [0, 0.05) is 29.9 Å². The number of rotatable bonds is 17. The molecule has 1 aromatic carbocycles. The Bertz CT molecular complexity index is 876. The van der Waals surface area contributed by atoms with Gasteiger partial charge in [-0.1, -0.05) is 65.2 Å². The lowest BCUT2D eigenvalue weighted by molar-refractivity contribution is 0.147. The standard InChI is InChI=1S/C30H45FN2O2S2/c1-3-5-7-9-12-26(31)23-35-28-16-14-24(15-17-28)29-32-21-25(22-33-29)30(36-18-11-19-37-30)20-27(34)13-10-8-6-4-2/h14-17,21-22,26-27,34H,3-13,18-20,23H2,1-2H3/t26-,27+/m0/s1. The molecule has 0 amide bonds. The zero-order valence-corrected chi connectivity index (χ0v) is 24.3. The Morgan fingerprint density at radius 1 is 0.919 bits per heavy atom. The molecular weight excluding hydrogens is 503 g/mol. The van der Waals surface area contributed by atoms with Crippen molar-refractivity contribution in [1.29, 1.82) is 0 Å². The highest BCUT2D eigenvalue weighted by Crippen LogP contribution is 2.53. The van der Waals surface area contributed by atoms with E-state index >= 15 is 0 Å². The number of benzene rings is 1. The molecule has 0 bridgehead atoms. The maximum atomic E-state index is 14.1. The first-order chi connectivity index (χ1) is 18.1. The number of nitrogens with zero attached hydrogens (tertiary/aromatic N) is 2. The van der Waals surface area contributed by atoms with Gasteiger partial charge in [-0.3, -0.25) is 0 Å². The third kappa shape index (κ3) is 10.1. The maximum Gasteiger partial charge on any atom is 0.159 e. The summed E-state index contributed by atoms with van der Waals surface area (Å²) in [6, 6.07) is 7.58. The van der Waals surface area contributed by atoms with Crippen LogP contribution >= 0.6 is 23.5 Å². The van der Waals surface area contributed by atoms with Crippen molar-refractivity contribution >= 4 is 23.5 Å². The van der Waals surface area contributed by atoms with Crippen LogP contribution < -0.4 is 4.74 Å². The fourth-order valence-corrected chi connectivity index (χ4v) is 8.05. The molecule has 7 heteroatoms. The van der Waals surface area contributed by atoms with E-state index in [9.17, 15) is 9.50 Å². The Morgan fingerprint density at radius 2 is 1.54 bits per heavy atom. The summed E-state index contributed by atoms with van der Waals surface area (Å²) in [5.74, 6) is 3.52. The molecule has 2 heterocycles. The van der Waals surface area contributed by atoms with Gasteiger partial charge in [-0.15, -0.1) is 23.5 Å². The third-order valence-electron chi connectivity index (χ3n) is 6.86. The first kappa shape index (κ1) is 30.2. The lowest BCUT2D eigenvalue weighted by Gasteiger charge is -2.37. The normalized spacial score (nSPS) is 16.9. The van der Waals surface area contributed by atoms with E-state index in [1.54, 1.807) is 0 Å². The van der Waals surface area contributed by atoms with Crippen LogP contribution in [0.3, 0.4) is 0 Å². The number of halogens is 1. The average molecular weight is 549 g/mol. The molecule has 1 aromatic heterocycles. The second kappa shape index (κ2) is 16.6. The zero-order chi connectivity index (χ0) is 26.3. The lowest BCUT2D eigenvalue weighted by Crippen LogP contribution is -2.28. The summed E-state index contributed by atoms with van der Waals surface area (Å²) in [6.45, 7) is 4.47. The summed E-state index contributed by atoms with van der Waals surface area (Å²) in [7, 11) is 0. The molecular formula is C30H45FN2O2S2. The summed E-state index contributed by atoms with van der Waals surface area (Å²) in [6.07, 6.45) is 15.0. The van der Waals surface area contributed by atoms with Crippen LogP contribution in [0.1, 0.15) is 96.5 Å². The Morgan fingerprint density at radius 3 is 2.16 bits per heavy atom. The van der Waals surface area contributed by atoms with Crippen molar-refractivity contribution in [1.82, 2.24) is 9.97 Å². The fourth-order valence-electron chi connectivity index (χ4n) is 4.63. The Balaban J connectivity index is 1.57. The van der Waals surface area contributed by atoms with Crippen LogP contribution in [0, 0.1) is 0 Å². The van der Waals surface area contributed by atoms with Crippen molar-refractivity contribution in [3.8, 4) is 17.1 Å². The summed E-state index contributed by atoms with van der Waals surface area (Å²) in [5, 5.41) is 10.8. The Labute approximate surface area is 232 Å². The summed E-state index contributed by atoms with van der Waals surface area (Å²) in [5.41, 5.74) is 2.00. The van der Waals surface area contributed by atoms with Gasteiger partial charge < -0.3 is 9.84 Å². The number of unbranched alkanes of at least 4 members (excludes halogenated alkanes) is 6. The molecule has 1 fully saturated rings. The minimum Gasteiger partial charge on any atom is -0.491 e. The molecule has 3 rings (SSSR count). The van der Waals surface area contributed by atoms with E-state index in [0.717, 1.165) is 67.6 Å². The second-order valence-electron chi connectivity index (χ2n) is 10.1. The topological polar surface area (TPSA) is 55.2 Å². The molecule has 0 aliphatic carbocycles. The highest BCUT2D eigenvalue weighted by molar-refractivity contribution is 8.18. The predicted octanol–water partition coefficient (Wildman–Crippen LogP) is 8.58. The third-order valence-corrected chi connectivity index (χ3v) is 10.3. The molecule has 0 saturated carbocycles. The molecule has 0 spiro atoms. The maximum absolute atomic E-state index is 14.1. The van der Waals surface area contributed by atoms with Crippen LogP contribution in [0.25, 0.3) is 11.4 Å². The van der Waals surface area contributed by atoms with Gasteiger partial charge in [-0.05, 0) is 55.0 Å². The smallest absolute Gasteiger partial charge is 0.159 e. The van der Waals surface area contributed by atoms with E-state index < -0.39 is 6.17 Å². The van der Waals surface area contributed by atoms with Crippen LogP contribution in [0.4, 0.5) is 4.39 Å². The Hall–Kier alpha value is -1.31. The van der Waals surface area contributed by atoms with Gasteiger partial charge in [-0.25, -0.2) is 14.4 Å². The highest BCUT2D eigenvalue weighted by atomic mass is 32.2. The van der Waals surface area contributed by atoms with Gasteiger partial charge >= 0.3 is 0 Å². The summed E-state index contributed by atoms with van der Waals surface area (Å²) < 4.78 is 19.6. The number of alkyl halides is 1. The number of thioether (sulfide) groups is 2. The molecule has 2 atom stereocenters. The van der Waals surface area contributed by atoms with Gasteiger partial charge in [0.05, 0.1) is 10.2 Å². The molecule has 0 radical (unpaired) electrons. The quantitative estimate of drug-likeness (QED) is 0.200. The monoisotopic (exact) mass is 548 g/mol. The lowest BCUT2D eigenvalue weighted by atomic mass is 10.0. The van der Waals surface area contributed by atoms with Crippen LogP contribution in [-0.2, 0) is 4.08 Å². The van der Waals surface area contributed by atoms with Crippen LogP contribution in [0.2, 0.25) is 0 Å². The summed E-state index contributed by atoms with van der Waals surface area (Å²) in [4.78, 5) is 9.39. The van der Waals surface area contributed by atoms with Crippen molar-refractivity contribution in [2.75, 3.05) is 18.1 Å². The number of aliphatic hydroxyl groups excluding tert-OH is 1. The van der Waals surface area contributed by atoms with Crippen molar-refractivity contribution in [2.45, 2.75) is 107 Å². The predicted molar refractivity (Wildman–Crippen MR) is 157 cm³/mol. The number of aromatic nitrogens is 2. The fraction of sp³-hybridized carbons (Fsp3) is 0.667. The molecule has 0 unspecified atom stereocenters. The van der Waals surface area contributed by atoms with Crippen LogP contribution in [0.5, 0.6) is 5.75 Å². The van der Waals surface area contributed by atoms with Crippen LogP contribution in [-0.4, -0.2) is 45.5 Å². The van der Waals surface area contributed by atoms with Crippen molar-refractivity contribution in [3.63, 3.8) is 0 Å². The molecule has 2 aromatic rings.